The normalized spacial score (nSPS) is 12.5. The van der Waals surface area contributed by atoms with E-state index in [1.54, 1.807) is 7.11 Å². The minimum absolute atomic E-state index is 0.0947. The summed E-state index contributed by atoms with van der Waals surface area (Å²) in [6, 6.07) is 28.4. The molecule has 1 unspecified atom stereocenters. The van der Waals surface area contributed by atoms with E-state index in [4.69, 9.17) is 9.47 Å². The van der Waals surface area contributed by atoms with Crippen molar-refractivity contribution in [3.8, 4) is 11.5 Å². The lowest BCUT2D eigenvalue weighted by Crippen LogP contribution is -2.51. The standard InChI is InChI=1S/C27H34N2O3/c1-27(2,29-18-23(30)19-32-25-17-11-10-16-24(25)31-3)20-28-26(21-12-6-4-7-13-21)22-14-8-5-9-15-22/h4-17,23,26,28-30H,18-20H2,1-3H3. The summed E-state index contributed by atoms with van der Waals surface area (Å²) in [7, 11) is 1.61. The van der Waals surface area contributed by atoms with Crippen molar-refractivity contribution in [1.82, 2.24) is 10.6 Å². The van der Waals surface area contributed by atoms with Gasteiger partial charge in [-0.25, -0.2) is 0 Å². The van der Waals surface area contributed by atoms with Crippen molar-refractivity contribution in [2.24, 2.45) is 0 Å². The third-order valence-corrected chi connectivity index (χ3v) is 5.33. The topological polar surface area (TPSA) is 62.8 Å². The number of nitrogens with one attached hydrogen (secondary N) is 2. The van der Waals surface area contributed by atoms with E-state index < -0.39 is 6.10 Å². The monoisotopic (exact) mass is 434 g/mol. The molecule has 0 radical (unpaired) electrons. The van der Waals surface area contributed by atoms with Gasteiger partial charge >= 0.3 is 0 Å². The van der Waals surface area contributed by atoms with Crippen molar-refractivity contribution in [2.75, 3.05) is 26.8 Å². The molecule has 0 heterocycles. The highest BCUT2D eigenvalue weighted by atomic mass is 16.5. The molecule has 1 atom stereocenters. The zero-order valence-electron chi connectivity index (χ0n) is 19.1. The zero-order valence-corrected chi connectivity index (χ0v) is 19.1. The van der Waals surface area contributed by atoms with E-state index in [1.165, 1.54) is 11.1 Å². The highest BCUT2D eigenvalue weighted by Gasteiger charge is 2.22. The first-order chi connectivity index (χ1) is 15.5. The number of methoxy groups -OCH3 is 1. The number of β-amino-alcohol motifs (C(OH)–C–C–N with tert-alkyl or cyclic N) is 1. The molecule has 0 saturated heterocycles. The summed E-state index contributed by atoms with van der Waals surface area (Å²) < 4.78 is 11.0. The Bertz CT molecular complexity index is 892. The van der Waals surface area contributed by atoms with Gasteiger partial charge in [0.2, 0.25) is 0 Å². The largest absolute Gasteiger partial charge is 0.493 e. The van der Waals surface area contributed by atoms with Gasteiger partial charge in [-0.1, -0.05) is 72.8 Å². The number of hydrogen-bond acceptors (Lipinski definition) is 5. The number of aliphatic hydroxyl groups excluding tert-OH is 1. The molecule has 3 aromatic rings. The van der Waals surface area contributed by atoms with Crippen LogP contribution in [-0.4, -0.2) is 43.6 Å². The fraction of sp³-hybridized carbons (Fsp3) is 0.333. The van der Waals surface area contributed by atoms with Gasteiger partial charge < -0.3 is 25.2 Å². The third-order valence-electron chi connectivity index (χ3n) is 5.33. The van der Waals surface area contributed by atoms with Crippen LogP contribution in [0.3, 0.4) is 0 Å². The lowest BCUT2D eigenvalue weighted by Gasteiger charge is -2.31. The van der Waals surface area contributed by atoms with Crippen molar-refractivity contribution in [1.29, 1.82) is 0 Å². The second-order valence-electron chi connectivity index (χ2n) is 8.52. The maximum absolute atomic E-state index is 10.4. The highest BCUT2D eigenvalue weighted by Crippen LogP contribution is 2.26. The predicted octanol–water partition coefficient (Wildman–Crippen LogP) is 4.18. The predicted molar refractivity (Wildman–Crippen MR) is 129 cm³/mol. The SMILES string of the molecule is COc1ccccc1OCC(O)CNC(C)(C)CNC(c1ccccc1)c1ccccc1. The zero-order chi connectivity index (χ0) is 22.8. The van der Waals surface area contributed by atoms with E-state index >= 15 is 0 Å². The highest BCUT2D eigenvalue weighted by molar-refractivity contribution is 5.39. The molecule has 0 aliphatic carbocycles. The molecule has 3 N–H and O–H groups in total. The second-order valence-corrected chi connectivity index (χ2v) is 8.52. The quantitative estimate of drug-likeness (QED) is 0.399. The minimum Gasteiger partial charge on any atom is -0.493 e. The molecule has 0 aliphatic heterocycles. The van der Waals surface area contributed by atoms with E-state index in [9.17, 15) is 5.11 Å². The average Bonchev–Trinajstić information content (AvgIpc) is 2.83. The van der Waals surface area contributed by atoms with E-state index in [1.807, 2.05) is 36.4 Å². The molecule has 0 bridgehead atoms. The van der Waals surface area contributed by atoms with E-state index in [2.05, 4.69) is 73.0 Å². The fourth-order valence-electron chi connectivity index (χ4n) is 3.52. The number of ether oxygens (including phenoxy) is 2. The first-order valence-electron chi connectivity index (χ1n) is 11.0. The molecule has 0 aliphatic rings. The Kier molecular flexibility index (Phi) is 8.68. The van der Waals surface area contributed by atoms with Crippen LogP contribution in [0.25, 0.3) is 0 Å². The summed E-state index contributed by atoms with van der Waals surface area (Å²) in [4.78, 5) is 0. The van der Waals surface area contributed by atoms with Gasteiger partial charge in [-0.2, -0.15) is 0 Å². The Morgan fingerprint density at radius 1 is 0.812 bits per heavy atom. The van der Waals surface area contributed by atoms with Crippen LogP contribution >= 0.6 is 0 Å². The van der Waals surface area contributed by atoms with Gasteiger partial charge in [0.25, 0.3) is 0 Å². The van der Waals surface area contributed by atoms with Crippen LogP contribution < -0.4 is 20.1 Å². The Hall–Kier alpha value is -2.86. The Morgan fingerprint density at radius 2 is 1.34 bits per heavy atom. The van der Waals surface area contributed by atoms with Crippen LogP contribution in [-0.2, 0) is 0 Å². The van der Waals surface area contributed by atoms with Gasteiger partial charge in [0.1, 0.15) is 12.7 Å². The van der Waals surface area contributed by atoms with Gasteiger partial charge in [0, 0.05) is 18.6 Å². The van der Waals surface area contributed by atoms with Gasteiger partial charge in [0.05, 0.1) is 13.2 Å². The van der Waals surface area contributed by atoms with Crippen LogP contribution in [0.1, 0.15) is 31.0 Å². The van der Waals surface area contributed by atoms with Gasteiger partial charge in [-0.3, -0.25) is 0 Å². The molecule has 0 saturated carbocycles. The summed E-state index contributed by atoms with van der Waals surface area (Å²) in [6.45, 7) is 5.59. The lowest BCUT2D eigenvalue weighted by molar-refractivity contribution is 0.0970. The van der Waals surface area contributed by atoms with Gasteiger partial charge in [-0.15, -0.1) is 0 Å². The molecule has 0 amide bonds. The Morgan fingerprint density at radius 3 is 1.91 bits per heavy atom. The first kappa shape index (κ1) is 23.8. The molecule has 0 spiro atoms. The first-order valence-corrected chi connectivity index (χ1v) is 11.0. The number of aliphatic hydroxyl groups is 1. The average molecular weight is 435 g/mol. The molecule has 170 valence electrons. The lowest BCUT2D eigenvalue weighted by atomic mass is 9.97. The summed E-state index contributed by atoms with van der Waals surface area (Å²) in [5.74, 6) is 1.29. The van der Waals surface area contributed by atoms with Crippen LogP contribution in [0.5, 0.6) is 11.5 Å². The second kappa shape index (κ2) is 11.7. The van der Waals surface area contributed by atoms with Gasteiger partial charge in [-0.05, 0) is 37.1 Å². The number of para-hydroxylation sites is 2. The molecular weight excluding hydrogens is 400 g/mol. The summed E-state index contributed by atoms with van der Waals surface area (Å²) in [5, 5.41) is 17.6. The molecular formula is C27H34N2O3. The van der Waals surface area contributed by atoms with Crippen LogP contribution in [0.15, 0.2) is 84.9 Å². The third kappa shape index (κ3) is 7.09. The summed E-state index contributed by atoms with van der Waals surface area (Å²) in [5.41, 5.74) is 2.22. The minimum atomic E-state index is -0.641. The van der Waals surface area contributed by atoms with Crippen molar-refractivity contribution >= 4 is 0 Å². The molecule has 5 heteroatoms. The smallest absolute Gasteiger partial charge is 0.161 e. The Labute approximate surface area is 191 Å². The molecule has 0 aromatic heterocycles. The molecule has 32 heavy (non-hydrogen) atoms. The van der Waals surface area contributed by atoms with Gasteiger partial charge in [0.15, 0.2) is 11.5 Å². The number of hydrogen-bond donors (Lipinski definition) is 3. The van der Waals surface area contributed by atoms with E-state index in [0.717, 1.165) is 6.54 Å². The number of benzene rings is 3. The van der Waals surface area contributed by atoms with Crippen LogP contribution in [0, 0.1) is 0 Å². The van der Waals surface area contributed by atoms with Crippen LogP contribution in [0.2, 0.25) is 0 Å². The van der Waals surface area contributed by atoms with E-state index in [0.29, 0.717) is 18.0 Å². The van der Waals surface area contributed by atoms with Crippen molar-refractivity contribution in [3.63, 3.8) is 0 Å². The van der Waals surface area contributed by atoms with Crippen molar-refractivity contribution < 1.29 is 14.6 Å². The molecule has 3 rings (SSSR count). The maximum Gasteiger partial charge on any atom is 0.161 e. The number of rotatable bonds is 12. The summed E-state index contributed by atoms with van der Waals surface area (Å²) in [6.07, 6.45) is -0.641. The summed E-state index contributed by atoms with van der Waals surface area (Å²) >= 11 is 0. The van der Waals surface area contributed by atoms with Crippen molar-refractivity contribution in [2.45, 2.75) is 31.5 Å². The fourth-order valence-corrected chi connectivity index (χ4v) is 3.52. The maximum atomic E-state index is 10.4. The Balaban J connectivity index is 1.53. The van der Waals surface area contributed by atoms with Crippen LogP contribution in [0.4, 0.5) is 0 Å². The molecule has 3 aromatic carbocycles. The molecule has 0 fully saturated rings. The molecule has 5 nitrogen and oxygen atoms in total. The van der Waals surface area contributed by atoms with Crippen molar-refractivity contribution in [3.05, 3.63) is 96.1 Å². The van der Waals surface area contributed by atoms with E-state index in [-0.39, 0.29) is 18.2 Å².